The Morgan fingerprint density at radius 3 is 2.79 bits per heavy atom. The molecule has 0 fully saturated rings. The minimum absolute atomic E-state index is 0.127. The van der Waals surface area contributed by atoms with Crippen molar-refractivity contribution in [3.05, 3.63) is 58.7 Å². The lowest BCUT2D eigenvalue weighted by molar-refractivity contribution is 0.0994. The fraction of sp³-hybridized carbons (Fsp3) is 0.381. The van der Waals surface area contributed by atoms with Crippen molar-refractivity contribution >= 4 is 11.5 Å². The lowest BCUT2D eigenvalue weighted by Crippen LogP contribution is -2.34. The second-order valence-electron chi connectivity index (χ2n) is 6.47. The molecule has 3 nitrogen and oxygen atoms in total. The zero-order chi connectivity index (χ0) is 17.1. The molecule has 0 unspecified atom stereocenters. The average Bonchev–Trinajstić information content (AvgIpc) is 2.57. The number of para-hydroxylation sites is 1. The Hall–Kier alpha value is -2.29. The van der Waals surface area contributed by atoms with Gasteiger partial charge in [0.25, 0.3) is 0 Å². The van der Waals surface area contributed by atoms with Gasteiger partial charge < -0.3 is 9.64 Å². The van der Waals surface area contributed by atoms with Crippen LogP contribution in [0.2, 0.25) is 0 Å². The fourth-order valence-corrected chi connectivity index (χ4v) is 3.53. The Balaban J connectivity index is 1.89. The summed E-state index contributed by atoms with van der Waals surface area (Å²) in [6.45, 7) is 7.88. The number of ketones is 1. The molecule has 0 radical (unpaired) electrons. The van der Waals surface area contributed by atoms with E-state index in [0.29, 0.717) is 18.7 Å². The molecule has 2 aromatic carbocycles. The number of ether oxygens (including phenoxy) is 1. The van der Waals surface area contributed by atoms with Crippen molar-refractivity contribution in [3.63, 3.8) is 0 Å². The van der Waals surface area contributed by atoms with Gasteiger partial charge in [-0.3, -0.25) is 4.79 Å². The van der Waals surface area contributed by atoms with Gasteiger partial charge in [-0.05, 0) is 62.4 Å². The molecular formula is C21H25NO2. The molecule has 0 atom stereocenters. The molecule has 126 valence electrons. The maximum absolute atomic E-state index is 13.0. The predicted molar refractivity (Wildman–Crippen MR) is 98.4 cm³/mol. The number of nitrogens with zero attached hydrogens (tertiary/aromatic N) is 1. The summed E-state index contributed by atoms with van der Waals surface area (Å²) >= 11 is 0. The monoisotopic (exact) mass is 323 g/mol. The summed E-state index contributed by atoms with van der Waals surface area (Å²) < 4.78 is 5.76. The lowest BCUT2D eigenvalue weighted by atomic mass is 9.99. The molecular weight excluding hydrogens is 298 g/mol. The smallest absolute Gasteiger partial charge is 0.185 e. The molecule has 3 rings (SSSR count). The van der Waals surface area contributed by atoms with Crippen molar-refractivity contribution in [2.24, 2.45) is 0 Å². The van der Waals surface area contributed by atoms with Gasteiger partial charge >= 0.3 is 0 Å². The van der Waals surface area contributed by atoms with Gasteiger partial charge in [0.1, 0.15) is 5.75 Å². The minimum Gasteiger partial charge on any atom is -0.493 e. The van der Waals surface area contributed by atoms with Gasteiger partial charge in [0, 0.05) is 12.2 Å². The van der Waals surface area contributed by atoms with Crippen LogP contribution in [0.4, 0.5) is 5.69 Å². The number of hydrogen-bond acceptors (Lipinski definition) is 3. The number of benzene rings is 2. The summed E-state index contributed by atoms with van der Waals surface area (Å²) in [6.07, 6.45) is 2.18. The molecule has 0 amide bonds. The van der Waals surface area contributed by atoms with Crippen LogP contribution < -0.4 is 9.64 Å². The third kappa shape index (κ3) is 3.30. The largest absolute Gasteiger partial charge is 0.493 e. The van der Waals surface area contributed by atoms with Crippen LogP contribution in [-0.2, 0) is 6.42 Å². The van der Waals surface area contributed by atoms with Gasteiger partial charge in [-0.15, -0.1) is 0 Å². The maximum atomic E-state index is 13.0. The first-order chi connectivity index (χ1) is 11.6. The molecule has 0 saturated carbocycles. The van der Waals surface area contributed by atoms with Gasteiger partial charge in [0.2, 0.25) is 0 Å². The SMILES string of the molecule is CCOc1c(C)cc(C)cc1C(=O)CN1CCCc2ccccc21. The van der Waals surface area contributed by atoms with E-state index in [-0.39, 0.29) is 5.78 Å². The zero-order valence-electron chi connectivity index (χ0n) is 14.8. The molecule has 2 aromatic rings. The molecule has 1 aliphatic heterocycles. The first kappa shape index (κ1) is 16.6. The number of Topliss-reactive ketones (excluding diaryl/α,β-unsaturated/α-hetero) is 1. The Morgan fingerprint density at radius 2 is 2.00 bits per heavy atom. The van der Waals surface area contributed by atoms with E-state index >= 15 is 0 Å². The third-order valence-electron chi connectivity index (χ3n) is 4.55. The first-order valence-electron chi connectivity index (χ1n) is 8.70. The summed E-state index contributed by atoms with van der Waals surface area (Å²) in [5.74, 6) is 0.861. The molecule has 24 heavy (non-hydrogen) atoms. The van der Waals surface area contributed by atoms with Crippen molar-refractivity contribution < 1.29 is 9.53 Å². The summed E-state index contributed by atoms with van der Waals surface area (Å²) in [5.41, 5.74) is 5.36. The molecule has 0 aromatic heterocycles. The van der Waals surface area contributed by atoms with E-state index in [0.717, 1.165) is 36.3 Å². The van der Waals surface area contributed by atoms with Crippen LogP contribution in [-0.4, -0.2) is 25.5 Å². The molecule has 0 saturated heterocycles. The lowest BCUT2D eigenvalue weighted by Gasteiger charge is -2.31. The minimum atomic E-state index is 0.127. The van der Waals surface area contributed by atoms with E-state index in [2.05, 4.69) is 29.2 Å². The summed E-state index contributed by atoms with van der Waals surface area (Å²) in [7, 11) is 0. The van der Waals surface area contributed by atoms with Crippen LogP contribution in [0, 0.1) is 13.8 Å². The van der Waals surface area contributed by atoms with Crippen LogP contribution in [0.5, 0.6) is 5.75 Å². The standard InChI is InChI=1S/C21H25NO2/c1-4-24-21-16(3)12-15(2)13-18(21)20(23)14-22-11-7-9-17-8-5-6-10-19(17)22/h5-6,8,10,12-13H,4,7,9,11,14H2,1-3H3. The number of aryl methyl sites for hydroxylation is 3. The molecule has 3 heteroatoms. The van der Waals surface area contributed by atoms with Crippen molar-refractivity contribution in [3.8, 4) is 5.75 Å². The number of carbonyl (C=O) groups is 1. The highest BCUT2D eigenvalue weighted by atomic mass is 16.5. The summed E-state index contributed by atoms with van der Waals surface area (Å²) in [5, 5.41) is 0. The molecule has 0 aliphatic carbocycles. The Morgan fingerprint density at radius 1 is 1.21 bits per heavy atom. The van der Waals surface area contributed by atoms with E-state index in [9.17, 15) is 4.79 Å². The number of rotatable bonds is 5. The van der Waals surface area contributed by atoms with E-state index in [1.807, 2.05) is 32.9 Å². The van der Waals surface area contributed by atoms with Crippen molar-refractivity contribution in [2.75, 3.05) is 24.6 Å². The van der Waals surface area contributed by atoms with Gasteiger partial charge in [-0.25, -0.2) is 0 Å². The predicted octanol–water partition coefficient (Wildman–Crippen LogP) is 4.34. The molecule has 0 spiro atoms. The van der Waals surface area contributed by atoms with E-state index in [4.69, 9.17) is 4.74 Å². The Bertz CT molecular complexity index is 751. The third-order valence-corrected chi connectivity index (χ3v) is 4.55. The molecule has 0 N–H and O–H groups in total. The van der Waals surface area contributed by atoms with Crippen LogP contribution >= 0.6 is 0 Å². The quantitative estimate of drug-likeness (QED) is 0.767. The Kier molecular flexibility index (Phi) is 4.89. The maximum Gasteiger partial charge on any atom is 0.185 e. The second kappa shape index (κ2) is 7.08. The molecule has 0 bridgehead atoms. The van der Waals surface area contributed by atoms with E-state index in [1.165, 1.54) is 11.3 Å². The highest BCUT2D eigenvalue weighted by Gasteiger charge is 2.22. The average molecular weight is 323 g/mol. The highest BCUT2D eigenvalue weighted by Crippen LogP contribution is 2.29. The molecule has 1 aliphatic rings. The van der Waals surface area contributed by atoms with Gasteiger partial charge in [0.15, 0.2) is 5.78 Å². The fourth-order valence-electron chi connectivity index (χ4n) is 3.53. The normalized spacial score (nSPS) is 13.5. The van der Waals surface area contributed by atoms with Crippen molar-refractivity contribution in [1.29, 1.82) is 0 Å². The topological polar surface area (TPSA) is 29.5 Å². The number of carbonyl (C=O) groups excluding carboxylic acids is 1. The Labute approximate surface area is 144 Å². The number of anilines is 1. The van der Waals surface area contributed by atoms with Gasteiger partial charge in [-0.1, -0.05) is 24.3 Å². The van der Waals surface area contributed by atoms with Crippen LogP contribution in [0.1, 0.15) is 40.4 Å². The number of fused-ring (bicyclic) bond motifs is 1. The van der Waals surface area contributed by atoms with Crippen LogP contribution in [0.15, 0.2) is 36.4 Å². The zero-order valence-corrected chi connectivity index (χ0v) is 14.8. The van der Waals surface area contributed by atoms with Gasteiger partial charge in [-0.2, -0.15) is 0 Å². The van der Waals surface area contributed by atoms with Crippen LogP contribution in [0.3, 0.4) is 0 Å². The van der Waals surface area contributed by atoms with Crippen molar-refractivity contribution in [2.45, 2.75) is 33.6 Å². The first-order valence-corrected chi connectivity index (χ1v) is 8.70. The highest BCUT2D eigenvalue weighted by molar-refractivity contribution is 6.02. The second-order valence-corrected chi connectivity index (χ2v) is 6.47. The summed E-state index contributed by atoms with van der Waals surface area (Å²) in [4.78, 5) is 15.2. The number of hydrogen-bond donors (Lipinski definition) is 0. The van der Waals surface area contributed by atoms with Crippen molar-refractivity contribution in [1.82, 2.24) is 0 Å². The van der Waals surface area contributed by atoms with E-state index < -0.39 is 0 Å². The molecule has 1 heterocycles. The summed E-state index contributed by atoms with van der Waals surface area (Å²) in [6, 6.07) is 12.4. The van der Waals surface area contributed by atoms with Crippen LogP contribution in [0.25, 0.3) is 0 Å². The van der Waals surface area contributed by atoms with Gasteiger partial charge in [0.05, 0.1) is 18.7 Å². The van der Waals surface area contributed by atoms with E-state index in [1.54, 1.807) is 0 Å².